The average molecular weight is 187 g/mol. The molecule has 2 rings (SSSR count). The van der Waals surface area contributed by atoms with Crippen molar-refractivity contribution in [2.45, 2.75) is 0 Å². The maximum absolute atomic E-state index is 10.9. The van der Waals surface area contributed by atoms with Gasteiger partial charge in [-0.3, -0.25) is 0 Å². The lowest BCUT2D eigenvalue weighted by molar-refractivity contribution is 0.558. The summed E-state index contributed by atoms with van der Waals surface area (Å²) >= 11 is 0. The van der Waals surface area contributed by atoms with Crippen LogP contribution in [-0.4, -0.2) is 6.08 Å². The summed E-state index contributed by atoms with van der Waals surface area (Å²) in [5.74, 6) is 0. The second-order valence-electron chi connectivity index (χ2n) is 2.65. The fraction of sp³-hybridized carbons (Fsp3) is 0. The first kappa shape index (κ1) is 8.41. The van der Waals surface area contributed by atoms with Gasteiger partial charge in [-0.25, -0.2) is 9.59 Å². The van der Waals surface area contributed by atoms with Crippen molar-refractivity contribution in [3.05, 3.63) is 40.8 Å². The van der Waals surface area contributed by atoms with Crippen LogP contribution in [0.4, 0.5) is 5.69 Å². The van der Waals surface area contributed by atoms with Crippen LogP contribution in [0.3, 0.4) is 0 Å². The Balaban J connectivity index is 2.90. The lowest BCUT2D eigenvalue weighted by atomic mass is 10.2. The Labute approximate surface area is 78.5 Å². The quantitative estimate of drug-likeness (QED) is 0.388. The van der Waals surface area contributed by atoms with Gasteiger partial charge in [0.25, 0.3) is 0 Å². The molecular formula is C10H5NO3. The van der Waals surface area contributed by atoms with E-state index in [1.165, 1.54) is 12.1 Å². The molecular weight excluding hydrogens is 182 g/mol. The molecule has 0 atom stereocenters. The number of isocyanates is 1. The summed E-state index contributed by atoms with van der Waals surface area (Å²) < 4.78 is 4.92. The van der Waals surface area contributed by atoms with Gasteiger partial charge < -0.3 is 4.42 Å². The van der Waals surface area contributed by atoms with Gasteiger partial charge in [0.15, 0.2) is 5.58 Å². The highest BCUT2D eigenvalue weighted by Gasteiger charge is 2.01. The molecule has 0 aliphatic rings. The van der Waals surface area contributed by atoms with Crippen molar-refractivity contribution >= 4 is 22.7 Å². The first-order chi connectivity index (χ1) is 6.81. The van der Waals surface area contributed by atoms with Gasteiger partial charge in [-0.05, 0) is 12.1 Å². The Morgan fingerprint density at radius 3 is 2.86 bits per heavy atom. The summed E-state index contributed by atoms with van der Waals surface area (Å²) in [5, 5.41) is 0.723. The molecule has 0 saturated carbocycles. The van der Waals surface area contributed by atoms with Crippen LogP contribution in [0.1, 0.15) is 0 Å². The number of hydrogen-bond donors (Lipinski definition) is 0. The zero-order valence-electron chi connectivity index (χ0n) is 7.06. The first-order valence-corrected chi connectivity index (χ1v) is 3.92. The largest absolute Gasteiger partial charge is 0.420 e. The number of hydrogen-bond acceptors (Lipinski definition) is 4. The van der Waals surface area contributed by atoms with Gasteiger partial charge in [0.2, 0.25) is 6.08 Å². The molecule has 4 nitrogen and oxygen atoms in total. The SMILES string of the molecule is O=C=Nc1cccc2ccc(=O)oc12. The normalized spacial score (nSPS) is 9.71. The number of fused-ring (bicyclic) bond motifs is 1. The van der Waals surface area contributed by atoms with Crippen LogP contribution in [0.2, 0.25) is 0 Å². The minimum Gasteiger partial charge on any atom is -0.420 e. The summed E-state index contributed by atoms with van der Waals surface area (Å²) in [7, 11) is 0. The topological polar surface area (TPSA) is 59.6 Å². The van der Waals surface area contributed by atoms with Crippen molar-refractivity contribution < 1.29 is 9.21 Å². The molecule has 14 heavy (non-hydrogen) atoms. The number of nitrogens with zero attached hydrogens (tertiary/aromatic N) is 1. The lowest BCUT2D eigenvalue weighted by Crippen LogP contribution is -1.93. The van der Waals surface area contributed by atoms with E-state index < -0.39 is 5.63 Å². The Kier molecular flexibility index (Phi) is 1.97. The molecule has 0 spiro atoms. The maximum atomic E-state index is 10.9. The molecule has 2 aromatic rings. The van der Waals surface area contributed by atoms with E-state index in [1.54, 1.807) is 24.3 Å². The fourth-order valence-electron chi connectivity index (χ4n) is 1.21. The number of aliphatic imine (C=N–C) groups is 1. The third-order valence-corrected chi connectivity index (χ3v) is 1.79. The van der Waals surface area contributed by atoms with Crippen LogP contribution in [0.15, 0.2) is 44.5 Å². The molecule has 0 aliphatic heterocycles. The highest BCUT2D eigenvalue weighted by atomic mass is 16.4. The number of carbonyl (C=O) groups excluding carboxylic acids is 1. The Hall–Kier alpha value is -2.19. The van der Waals surface area contributed by atoms with E-state index in [4.69, 9.17) is 4.42 Å². The molecule has 0 bridgehead atoms. The van der Waals surface area contributed by atoms with Gasteiger partial charge in [-0.15, -0.1) is 0 Å². The van der Waals surface area contributed by atoms with Crippen LogP contribution >= 0.6 is 0 Å². The van der Waals surface area contributed by atoms with Crippen LogP contribution in [0, 0.1) is 0 Å². The highest BCUT2D eigenvalue weighted by molar-refractivity contribution is 5.87. The molecule has 1 aromatic heterocycles. The third-order valence-electron chi connectivity index (χ3n) is 1.79. The van der Waals surface area contributed by atoms with E-state index in [2.05, 4.69) is 4.99 Å². The van der Waals surface area contributed by atoms with Gasteiger partial charge >= 0.3 is 5.63 Å². The summed E-state index contributed by atoms with van der Waals surface area (Å²) in [6.45, 7) is 0. The number of para-hydroxylation sites is 1. The second-order valence-corrected chi connectivity index (χ2v) is 2.65. The van der Waals surface area contributed by atoms with Crippen molar-refractivity contribution in [3.63, 3.8) is 0 Å². The molecule has 4 heteroatoms. The second kappa shape index (κ2) is 3.28. The van der Waals surface area contributed by atoms with Crippen molar-refractivity contribution in [2.75, 3.05) is 0 Å². The van der Waals surface area contributed by atoms with E-state index >= 15 is 0 Å². The minimum absolute atomic E-state index is 0.309. The maximum Gasteiger partial charge on any atom is 0.336 e. The molecule has 0 radical (unpaired) electrons. The molecule has 68 valence electrons. The van der Waals surface area contributed by atoms with E-state index in [1.807, 2.05) is 0 Å². The Morgan fingerprint density at radius 2 is 2.07 bits per heavy atom. The standard InChI is InChI=1S/C10H5NO3/c12-6-11-8-3-1-2-7-4-5-9(13)14-10(7)8/h1-5H. The Morgan fingerprint density at radius 1 is 1.21 bits per heavy atom. The molecule has 1 aromatic carbocycles. The smallest absolute Gasteiger partial charge is 0.336 e. The fourth-order valence-corrected chi connectivity index (χ4v) is 1.21. The third kappa shape index (κ3) is 1.34. The van der Waals surface area contributed by atoms with Gasteiger partial charge in [0.1, 0.15) is 5.69 Å². The lowest BCUT2D eigenvalue weighted by Gasteiger charge is -1.96. The summed E-state index contributed by atoms with van der Waals surface area (Å²) in [6, 6.07) is 8.00. The molecule has 0 aliphatic carbocycles. The average Bonchev–Trinajstić information content (AvgIpc) is 2.19. The molecule has 0 unspecified atom stereocenters. The first-order valence-electron chi connectivity index (χ1n) is 3.92. The monoisotopic (exact) mass is 187 g/mol. The summed E-state index contributed by atoms with van der Waals surface area (Å²) in [5.41, 5.74) is 0.157. The van der Waals surface area contributed by atoms with Crippen molar-refractivity contribution in [1.82, 2.24) is 0 Å². The Bertz CT molecular complexity index is 579. The zero-order chi connectivity index (χ0) is 9.97. The highest BCUT2D eigenvalue weighted by Crippen LogP contribution is 2.23. The van der Waals surface area contributed by atoms with E-state index in [-0.39, 0.29) is 0 Å². The molecule has 1 heterocycles. The summed E-state index contributed by atoms with van der Waals surface area (Å²) in [4.78, 5) is 24.5. The van der Waals surface area contributed by atoms with Crippen LogP contribution < -0.4 is 5.63 Å². The minimum atomic E-state index is -0.467. The molecule has 0 fully saturated rings. The number of rotatable bonds is 1. The van der Waals surface area contributed by atoms with Crippen molar-refractivity contribution in [1.29, 1.82) is 0 Å². The van der Waals surface area contributed by atoms with E-state index in [9.17, 15) is 9.59 Å². The molecule has 0 saturated heterocycles. The van der Waals surface area contributed by atoms with Crippen LogP contribution in [0.25, 0.3) is 11.0 Å². The predicted molar refractivity (Wildman–Crippen MR) is 50.3 cm³/mol. The van der Waals surface area contributed by atoms with Gasteiger partial charge in [0.05, 0.1) is 0 Å². The van der Waals surface area contributed by atoms with Gasteiger partial charge in [0, 0.05) is 11.5 Å². The van der Waals surface area contributed by atoms with Crippen LogP contribution in [-0.2, 0) is 4.79 Å². The van der Waals surface area contributed by atoms with Gasteiger partial charge in [-0.1, -0.05) is 12.1 Å². The zero-order valence-corrected chi connectivity index (χ0v) is 7.06. The molecule has 0 N–H and O–H groups in total. The van der Waals surface area contributed by atoms with Gasteiger partial charge in [-0.2, -0.15) is 4.99 Å². The van der Waals surface area contributed by atoms with Crippen LogP contribution in [0.5, 0.6) is 0 Å². The van der Waals surface area contributed by atoms with E-state index in [0.717, 1.165) is 5.39 Å². The predicted octanol–water partition coefficient (Wildman–Crippen LogP) is 1.76. The van der Waals surface area contributed by atoms with Crippen molar-refractivity contribution in [2.24, 2.45) is 4.99 Å². The van der Waals surface area contributed by atoms with E-state index in [0.29, 0.717) is 11.3 Å². The summed E-state index contributed by atoms with van der Waals surface area (Å²) in [6.07, 6.45) is 1.41. The number of benzene rings is 1. The molecule has 0 amide bonds. The van der Waals surface area contributed by atoms with Crippen molar-refractivity contribution in [3.8, 4) is 0 Å².